The molecule has 0 aromatic carbocycles. The molecule has 0 radical (unpaired) electrons. The second-order valence-corrected chi connectivity index (χ2v) is 8.74. The van der Waals surface area contributed by atoms with Gasteiger partial charge in [-0.25, -0.2) is 0 Å². The smallest absolute Gasteiger partial charge is 0.304 e. The van der Waals surface area contributed by atoms with Gasteiger partial charge in [-0.05, 0) is 68.6 Å². The Hall–Kier alpha value is -1.36. The van der Waals surface area contributed by atoms with Gasteiger partial charge >= 0.3 is 11.9 Å². The predicted molar refractivity (Wildman–Crippen MR) is 91.0 cm³/mol. The van der Waals surface area contributed by atoms with Gasteiger partial charge in [0, 0.05) is 5.41 Å². The molecule has 6 atom stereocenters. The number of ether oxygens (including phenoxy) is 1. The minimum absolute atomic E-state index is 0.0980. The first-order valence-electron chi connectivity index (χ1n) is 9.72. The van der Waals surface area contributed by atoms with E-state index in [1.54, 1.807) is 0 Å². The van der Waals surface area contributed by atoms with Crippen LogP contribution in [-0.2, 0) is 14.3 Å². The van der Waals surface area contributed by atoms with E-state index in [0.717, 1.165) is 44.9 Å². The molecule has 138 valence electrons. The van der Waals surface area contributed by atoms with Crippen molar-refractivity contribution in [3.8, 4) is 0 Å². The minimum atomic E-state index is -0.720. The zero-order valence-corrected chi connectivity index (χ0v) is 14.7. The van der Waals surface area contributed by atoms with E-state index in [2.05, 4.69) is 6.08 Å². The highest BCUT2D eigenvalue weighted by atomic mass is 16.5. The molecule has 1 saturated heterocycles. The molecule has 5 nitrogen and oxygen atoms in total. The monoisotopic (exact) mass is 348 g/mol. The van der Waals surface area contributed by atoms with Crippen molar-refractivity contribution >= 4 is 11.9 Å². The summed E-state index contributed by atoms with van der Waals surface area (Å²) in [5.74, 6) is 0.0835. The molecule has 0 aromatic rings. The maximum atomic E-state index is 11.6. The Morgan fingerprint density at radius 2 is 2.00 bits per heavy atom. The number of hydrogen-bond donors (Lipinski definition) is 2. The quantitative estimate of drug-likeness (QED) is 0.760. The zero-order valence-electron chi connectivity index (χ0n) is 14.7. The van der Waals surface area contributed by atoms with Gasteiger partial charge < -0.3 is 14.9 Å². The van der Waals surface area contributed by atoms with Gasteiger partial charge in [-0.1, -0.05) is 11.6 Å². The summed E-state index contributed by atoms with van der Waals surface area (Å²) in [7, 11) is 0. The van der Waals surface area contributed by atoms with Crippen LogP contribution >= 0.6 is 0 Å². The van der Waals surface area contributed by atoms with E-state index in [-0.39, 0.29) is 30.3 Å². The van der Waals surface area contributed by atoms with E-state index in [9.17, 15) is 19.8 Å². The van der Waals surface area contributed by atoms with Crippen molar-refractivity contribution in [1.29, 1.82) is 0 Å². The largest absolute Gasteiger partial charge is 0.481 e. The Kier molecular flexibility index (Phi) is 4.38. The SMILES string of the molecule is O=C(O)CC1CC2CCC3OCC3(CC(=O)O)C2CC2CCC=C1C2. The molecular weight excluding hydrogens is 320 g/mol. The molecule has 0 spiro atoms. The van der Waals surface area contributed by atoms with Gasteiger partial charge in [0.2, 0.25) is 0 Å². The van der Waals surface area contributed by atoms with Crippen molar-refractivity contribution in [2.75, 3.05) is 6.61 Å². The van der Waals surface area contributed by atoms with Crippen molar-refractivity contribution in [3.05, 3.63) is 11.6 Å². The summed E-state index contributed by atoms with van der Waals surface area (Å²) >= 11 is 0. The topological polar surface area (TPSA) is 83.8 Å². The van der Waals surface area contributed by atoms with E-state index in [1.807, 2.05) is 0 Å². The van der Waals surface area contributed by atoms with Crippen LogP contribution in [0.25, 0.3) is 0 Å². The van der Waals surface area contributed by atoms with Crippen LogP contribution in [0.2, 0.25) is 0 Å². The second-order valence-electron chi connectivity index (χ2n) is 8.74. The fourth-order valence-electron chi connectivity index (χ4n) is 6.31. The molecule has 1 aliphatic heterocycles. The number of allylic oxidation sites excluding steroid dienone is 2. The second kappa shape index (κ2) is 6.42. The van der Waals surface area contributed by atoms with Crippen LogP contribution in [0, 0.1) is 29.1 Å². The first kappa shape index (κ1) is 17.1. The molecule has 4 aliphatic rings. The lowest BCUT2D eigenvalue weighted by molar-refractivity contribution is -0.253. The summed E-state index contributed by atoms with van der Waals surface area (Å²) in [5, 5.41) is 18.9. The summed E-state index contributed by atoms with van der Waals surface area (Å²) in [6.07, 6.45) is 9.99. The maximum Gasteiger partial charge on any atom is 0.304 e. The molecule has 3 fully saturated rings. The van der Waals surface area contributed by atoms with Gasteiger partial charge in [-0.2, -0.15) is 0 Å². The van der Waals surface area contributed by atoms with Gasteiger partial charge in [0.05, 0.1) is 25.6 Å². The molecule has 3 aliphatic carbocycles. The van der Waals surface area contributed by atoms with Crippen LogP contribution in [0.4, 0.5) is 0 Å². The third kappa shape index (κ3) is 3.01. The lowest BCUT2D eigenvalue weighted by atomic mass is 9.51. The number of carboxylic acid groups (broad SMARTS) is 2. The van der Waals surface area contributed by atoms with E-state index in [0.29, 0.717) is 24.4 Å². The molecule has 2 N–H and O–H groups in total. The first-order chi connectivity index (χ1) is 12.0. The maximum absolute atomic E-state index is 11.6. The van der Waals surface area contributed by atoms with E-state index in [1.165, 1.54) is 5.57 Å². The Labute approximate surface area is 148 Å². The van der Waals surface area contributed by atoms with Gasteiger partial charge in [-0.15, -0.1) is 0 Å². The highest BCUT2D eigenvalue weighted by Gasteiger charge is 2.59. The highest BCUT2D eigenvalue weighted by molar-refractivity contribution is 5.68. The number of hydrogen-bond acceptors (Lipinski definition) is 3. The van der Waals surface area contributed by atoms with E-state index >= 15 is 0 Å². The highest BCUT2D eigenvalue weighted by Crippen LogP contribution is 2.59. The molecule has 1 heterocycles. The zero-order chi connectivity index (χ0) is 17.6. The molecule has 2 saturated carbocycles. The van der Waals surface area contributed by atoms with E-state index in [4.69, 9.17) is 4.74 Å². The third-order valence-electron chi connectivity index (χ3n) is 7.41. The summed E-state index contributed by atoms with van der Waals surface area (Å²) in [6.45, 7) is 0.574. The summed E-state index contributed by atoms with van der Waals surface area (Å²) in [6, 6.07) is 0. The number of carbonyl (C=O) groups is 2. The van der Waals surface area contributed by atoms with E-state index < -0.39 is 11.9 Å². The lowest BCUT2D eigenvalue weighted by Gasteiger charge is -2.60. The number of fused-ring (bicyclic) bond motifs is 5. The van der Waals surface area contributed by atoms with Crippen LogP contribution in [0.15, 0.2) is 11.6 Å². The third-order valence-corrected chi connectivity index (χ3v) is 7.41. The summed E-state index contributed by atoms with van der Waals surface area (Å²) in [4.78, 5) is 23.0. The van der Waals surface area contributed by atoms with Crippen molar-refractivity contribution in [2.24, 2.45) is 29.1 Å². The fraction of sp³-hybridized carbons (Fsp3) is 0.800. The first-order valence-corrected chi connectivity index (χ1v) is 9.72. The van der Waals surface area contributed by atoms with Crippen molar-refractivity contribution < 1.29 is 24.5 Å². The van der Waals surface area contributed by atoms with Crippen LogP contribution < -0.4 is 0 Å². The van der Waals surface area contributed by atoms with Gasteiger partial charge in [-0.3, -0.25) is 9.59 Å². The van der Waals surface area contributed by atoms with Gasteiger partial charge in [0.1, 0.15) is 0 Å². The standard InChI is InChI=1S/C20H28O5/c21-18(22)9-15-8-14-4-5-17-20(11-25-17,10-19(23)24)16(14)7-12-2-1-3-13(15)6-12/h3,12,14-17H,1-2,4-11H2,(H,21,22)(H,23,24). The fourth-order valence-corrected chi connectivity index (χ4v) is 6.31. The average Bonchev–Trinajstić information content (AvgIpc) is 2.53. The van der Waals surface area contributed by atoms with Crippen LogP contribution in [0.5, 0.6) is 0 Å². The molecule has 6 unspecified atom stereocenters. The summed E-state index contributed by atoms with van der Waals surface area (Å²) < 4.78 is 5.79. The normalized spacial score (nSPS) is 42.7. The summed E-state index contributed by atoms with van der Waals surface area (Å²) in [5.41, 5.74) is 1.15. The molecule has 4 rings (SSSR count). The molecule has 0 amide bonds. The average molecular weight is 348 g/mol. The molecular formula is C20H28O5. The van der Waals surface area contributed by atoms with Crippen molar-refractivity contribution in [3.63, 3.8) is 0 Å². The molecule has 25 heavy (non-hydrogen) atoms. The Balaban J connectivity index is 1.64. The Bertz CT molecular complexity index is 597. The van der Waals surface area contributed by atoms with Crippen LogP contribution in [0.3, 0.4) is 0 Å². The van der Waals surface area contributed by atoms with Gasteiger partial charge in [0.25, 0.3) is 0 Å². The van der Waals surface area contributed by atoms with Gasteiger partial charge in [0.15, 0.2) is 0 Å². The lowest BCUT2D eigenvalue weighted by Crippen LogP contribution is -2.62. The number of aliphatic carboxylic acids is 2. The molecule has 0 aromatic heterocycles. The van der Waals surface area contributed by atoms with Crippen molar-refractivity contribution in [1.82, 2.24) is 0 Å². The molecule has 2 bridgehead atoms. The van der Waals surface area contributed by atoms with Crippen LogP contribution in [0.1, 0.15) is 57.8 Å². The number of carboxylic acids is 2. The minimum Gasteiger partial charge on any atom is -0.481 e. The molecule has 5 heteroatoms. The Morgan fingerprint density at radius 1 is 1.16 bits per heavy atom. The van der Waals surface area contributed by atoms with Crippen LogP contribution in [-0.4, -0.2) is 34.9 Å². The predicted octanol–water partition coefficient (Wildman–Crippen LogP) is 3.48. The Morgan fingerprint density at radius 3 is 2.68 bits per heavy atom. The number of rotatable bonds is 4. The van der Waals surface area contributed by atoms with Crippen molar-refractivity contribution in [2.45, 2.75) is 63.9 Å².